The maximum atomic E-state index is 2.29. The van der Waals surface area contributed by atoms with Crippen molar-refractivity contribution in [2.24, 2.45) is 0 Å². The van der Waals surface area contributed by atoms with Crippen molar-refractivity contribution >= 4 is 14.6 Å². The number of thiophene rings is 1. The van der Waals surface area contributed by atoms with Crippen molar-refractivity contribution in [3.8, 4) is 0 Å². The monoisotopic (exact) mass is 346 g/mol. The molecule has 0 amide bonds. The first-order chi connectivity index (χ1) is 5.74. The Kier molecular flexibility index (Phi) is 4.59. The van der Waals surface area contributed by atoms with Gasteiger partial charge >= 0.3 is 93.5 Å². The second kappa shape index (κ2) is 5.23. The molecule has 0 fully saturated rings. The van der Waals surface area contributed by atoms with Crippen molar-refractivity contribution in [1.82, 2.24) is 0 Å². The zero-order valence-corrected chi connectivity index (χ0v) is 12.1. The summed E-state index contributed by atoms with van der Waals surface area (Å²) < 4.78 is 1.57. The Morgan fingerprint density at radius 2 is 2.25 bits per heavy atom. The molecule has 0 saturated carbocycles. The molecular weight excluding hydrogens is 331 g/mol. The van der Waals surface area contributed by atoms with Gasteiger partial charge in [0.1, 0.15) is 0 Å². The fourth-order valence-corrected chi connectivity index (χ4v) is 2.87. The van der Waals surface area contributed by atoms with Crippen molar-refractivity contribution in [3.63, 3.8) is 0 Å². The molecule has 0 atom stereocenters. The van der Waals surface area contributed by atoms with Gasteiger partial charge in [-0.1, -0.05) is 0 Å². The molecule has 0 radical (unpaired) electrons. The summed E-state index contributed by atoms with van der Waals surface area (Å²) in [5.74, 6) is 0. The van der Waals surface area contributed by atoms with E-state index in [1.54, 1.807) is 8.13 Å². The second-order valence-corrected chi connectivity index (χ2v) is 6.86. The van der Waals surface area contributed by atoms with E-state index in [4.69, 9.17) is 0 Å². The van der Waals surface area contributed by atoms with Crippen molar-refractivity contribution in [2.75, 3.05) is 0 Å². The van der Waals surface area contributed by atoms with Crippen molar-refractivity contribution in [2.45, 2.75) is 33.1 Å². The van der Waals surface area contributed by atoms with Gasteiger partial charge in [-0.25, -0.2) is 0 Å². The van der Waals surface area contributed by atoms with Crippen LogP contribution in [0.25, 0.3) is 0 Å². The molecular formula is C10H14HfS+2. The third kappa shape index (κ3) is 3.06. The first-order valence-electron chi connectivity index (χ1n) is 4.38. The molecule has 0 saturated heterocycles. The molecule has 0 aliphatic carbocycles. The fourth-order valence-electron chi connectivity index (χ4n) is 1.06. The summed E-state index contributed by atoms with van der Waals surface area (Å²) in [4.78, 5) is 3.06. The third-order valence-electron chi connectivity index (χ3n) is 1.81. The molecule has 0 aromatic carbocycles. The minimum atomic E-state index is 1.20. The van der Waals surface area contributed by atoms with Crippen LogP contribution < -0.4 is 0 Å². The van der Waals surface area contributed by atoms with Crippen LogP contribution in [0.5, 0.6) is 0 Å². The molecule has 0 spiro atoms. The van der Waals surface area contributed by atoms with E-state index < -0.39 is 0 Å². The Balaban J connectivity index is 2.58. The van der Waals surface area contributed by atoms with Crippen LogP contribution in [-0.2, 0) is 30.3 Å². The van der Waals surface area contributed by atoms with Gasteiger partial charge in [0, 0.05) is 0 Å². The quantitative estimate of drug-likeness (QED) is 0.736. The van der Waals surface area contributed by atoms with Crippen molar-refractivity contribution < 1.29 is 23.9 Å². The Bertz CT molecular complexity index is 263. The fraction of sp³-hybridized carbons (Fsp3) is 0.500. The standard InChI is InChI=1S/C10H14S.Hf/c1-3-5-6-10-8-7-9(4-2)11-10;/h7-8H,3,5-6H2,1-2H3;/q;+2. The Labute approximate surface area is 93.1 Å². The molecule has 1 aromatic heterocycles. The summed E-state index contributed by atoms with van der Waals surface area (Å²) in [5.41, 5.74) is 0. The molecule has 0 nitrogen and oxygen atoms in total. The van der Waals surface area contributed by atoms with E-state index in [0.29, 0.717) is 0 Å². The van der Waals surface area contributed by atoms with Gasteiger partial charge in [0.2, 0.25) is 0 Å². The number of aryl methyl sites for hydroxylation is 1. The van der Waals surface area contributed by atoms with Crippen LogP contribution in [0.1, 0.15) is 36.4 Å². The summed E-state index contributed by atoms with van der Waals surface area (Å²) in [7, 11) is 0. The van der Waals surface area contributed by atoms with Crippen molar-refractivity contribution in [3.05, 3.63) is 21.9 Å². The van der Waals surface area contributed by atoms with Crippen LogP contribution in [0.3, 0.4) is 0 Å². The van der Waals surface area contributed by atoms with E-state index in [0.717, 1.165) is 0 Å². The van der Waals surface area contributed by atoms with E-state index >= 15 is 0 Å². The van der Waals surface area contributed by atoms with E-state index in [2.05, 4.69) is 26.0 Å². The van der Waals surface area contributed by atoms with Crippen LogP contribution in [0.2, 0.25) is 0 Å². The van der Waals surface area contributed by atoms with Gasteiger partial charge in [-0.3, -0.25) is 0 Å². The van der Waals surface area contributed by atoms with Gasteiger partial charge in [0.05, 0.1) is 0 Å². The SMILES string of the molecule is CCCCc1ccc([C](C)=[Hf+2])s1. The summed E-state index contributed by atoms with van der Waals surface area (Å²) in [6, 6.07) is 4.56. The minimum absolute atomic E-state index is 1.20. The van der Waals surface area contributed by atoms with Gasteiger partial charge in [-0.05, 0) is 0 Å². The molecule has 0 bridgehead atoms. The molecule has 0 aliphatic heterocycles. The second-order valence-electron chi connectivity index (χ2n) is 2.99. The van der Waals surface area contributed by atoms with Gasteiger partial charge in [-0.2, -0.15) is 0 Å². The van der Waals surface area contributed by atoms with Crippen LogP contribution in [0, 0.1) is 0 Å². The first-order valence-corrected chi connectivity index (χ1v) is 6.99. The van der Waals surface area contributed by atoms with E-state index in [1.165, 1.54) is 48.0 Å². The predicted molar refractivity (Wildman–Crippen MR) is 52.7 cm³/mol. The van der Waals surface area contributed by atoms with Gasteiger partial charge in [-0.15, -0.1) is 0 Å². The maximum absolute atomic E-state index is 2.29. The molecule has 0 unspecified atom stereocenters. The molecule has 1 rings (SSSR count). The summed E-state index contributed by atoms with van der Waals surface area (Å²) in [6.45, 7) is 4.49. The van der Waals surface area contributed by atoms with Crippen molar-refractivity contribution in [1.29, 1.82) is 0 Å². The summed E-state index contributed by atoms with van der Waals surface area (Å²) in [5, 5.41) is 0. The number of hydrogen-bond donors (Lipinski definition) is 0. The molecule has 12 heavy (non-hydrogen) atoms. The zero-order chi connectivity index (χ0) is 8.97. The van der Waals surface area contributed by atoms with Crippen LogP contribution in [-0.4, -0.2) is 3.26 Å². The molecule has 62 valence electrons. The topological polar surface area (TPSA) is 0 Å². The van der Waals surface area contributed by atoms with E-state index in [-0.39, 0.29) is 0 Å². The Morgan fingerprint density at radius 1 is 1.50 bits per heavy atom. The zero-order valence-electron chi connectivity index (χ0n) is 7.68. The summed E-state index contributed by atoms with van der Waals surface area (Å²) in [6.07, 6.45) is 3.91. The first kappa shape index (κ1) is 10.5. The van der Waals surface area contributed by atoms with E-state index in [9.17, 15) is 0 Å². The molecule has 1 heterocycles. The summed E-state index contributed by atoms with van der Waals surface area (Å²) >= 11 is 3.18. The van der Waals surface area contributed by atoms with E-state index in [1.807, 2.05) is 11.3 Å². The number of hydrogen-bond acceptors (Lipinski definition) is 1. The average molecular weight is 345 g/mol. The van der Waals surface area contributed by atoms with Gasteiger partial charge in [0.25, 0.3) is 0 Å². The van der Waals surface area contributed by atoms with Gasteiger partial charge in [0.15, 0.2) is 0 Å². The van der Waals surface area contributed by atoms with Crippen LogP contribution in [0.15, 0.2) is 12.1 Å². The molecule has 0 N–H and O–H groups in total. The van der Waals surface area contributed by atoms with Crippen LogP contribution >= 0.6 is 11.3 Å². The number of rotatable bonds is 4. The normalized spacial score (nSPS) is 10.3. The Hall–Kier alpha value is 0.440. The Morgan fingerprint density at radius 3 is 2.75 bits per heavy atom. The van der Waals surface area contributed by atoms with Crippen LogP contribution in [0.4, 0.5) is 0 Å². The molecule has 0 aliphatic rings. The van der Waals surface area contributed by atoms with Gasteiger partial charge < -0.3 is 0 Å². The molecule has 2 heteroatoms. The average Bonchev–Trinajstić information content (AvgIpc) is 2.48. The predicted octanol–water partition coefficient (Wildman–Crippen LogP) is 3.18. The number of unbranched alkanes of at least 4 members (excludes halogenated alkanes) is 1. The third-order valence-corrected chi connectivity index (χ3v) is 4.69. The molecule has 1 aromatic rings.